The van der Waals surface area contributed by atoms with E-state index in [1.165, 1.54) is 64.2 Å². The summed E-state index contributed by atoms with van der Waals surface area (Å²) in [5, 5.41) is 39.8. The number of hydrogen-bond donors (Lipinski definition) is 4. The van der Waals surface area contributed by atoms with Gasteiger partial charge in [-0.15, -0.1) is 0 Å². The molecule has 0 aromatic carbocycles. The minimum absolute atomic E-state index is 0.117. The highest BCUT2D eigenvalue weighted by Crippen LogP contribution is 2.22. The van der Waals surface area contributed by atoms with Crippen molar-refractivity contribution in [1.82, 2.24) is 0 Å². The lowest BCUT2D eigenvalue weighted by Gasteiger charge is -2.39. The lowest BCUT2D eigenvalue weighted by atomic mass is 9.99. The molecule has 1 rings (SSSR count). The Balaban J connectivity index is 2.32. The van der Waals surface area contributed by atoms with Crippen LogP contribution in [0.1, 0.15) is 142 Å². The summed E-state index contributed by atoms with van der Waals surface area (Å²) in [4.78, 5) is 12.6. The number of carbonyl (C=O) groups is 1. The number of rotatable bonds is 30. The molecule has 0 amide bonds. The zero-order valence-electron chi connectivity index (χ0n) is 29.1. The zero-order chi connectivity index (χ0) is 33.7. The lowest BCUT2D eigenvalue weighted by molar-refractivity contribution is -0.305. The second-order valence-corrected chi connectivity index (χ2v) is 12.7. The van der Waals surface area contributed by atoms with Crippen LogP contribution in [0, 0.1) is 0 Å². The van der Waals surface area contributed by atoms with Crippen LogP contribution in [-0.2, 0) is 23.7 Å². The second-order valence-electron chi connectivity index (χ2n) is 12.7. The quantitative estimate of drug-likeness (QED) is 0.0379. The van der Waals surface area contributed by atoms with Crippen LogP contribution in [0.3, 0.4) is 0 Å². The van der Waals surface area contributed by atoms with E-state index < -0.39 is 43.4 Å². The fourth-order valence-corrected chi connectivity index (χ4v) is 5.40. The number of aliphatic hydroxyl groups is 4. The number of carbonyl (C=O) groups excluding carboxylic acids is 1. The van der Waals surface area contributed by atoms with E-state index in [9.17, 15) is 25.2 Å². The summed E-state index contributed by atoms with van der Waals surface area (Å²) in [5.74, 6) is -0.330. The molecule has 46 heavy (non-hydrogen) atoms. The fraction of sp³-hybridized carbons (Fsp3) is 0.865. The Morgan fingerprint density at radius 3 is 1.89 bits per heavy atom. The lowest BCUT2D eigenvalue weighted by Crippen LogP contribution is -2.59. The monoisotopic (exact) mass is 656 g/mol. The molecule has 9 heteroatoms. The SMILES string of the molecule is CCCCCC/C=C\C/C=C\CCCCCCCC(=O)OC(COCCCCCCCCC)COC1OC(CO)C(O)C(O)C1O. The summed E-state index contributed by atoms with van der Waals surface area (Å²) in [6.07, 6.45) is 23.5. The van der Waals surface area contributed by atoms with Gasteiger partial charge < -0.3 is 39.4 Å². The third kappa shape index (κ3) is 21.5. The van der Waals surface area contributed by atoms with Gasteiger partial charge in [-0.2, -0.15) is 0 Å². The van der Waals surface area contributed by atoms with Crippen molar-refractivity contribution < 1.29 is 44.2 Å². The molecule has 9 nitrogen and oxygen atoms in total. The molecule has 1 heterocycles. The maximum absolute atomic E-state index is 12.6. The first-order valence-electron chi connectivity index (χ1n) is 18.4. The molecule has 0 bridgehead atoms. The first kappa shape index (κ1) is 42.7. The van der Waals surface area contributed by atoms with E-state index in [2.05, 4.69) is 38.2 Å². The van der Waals surface area contributed by atoms with Crippen LogP contribution < -0.4 is 0 Å². The maximum Gasteiger partial charge on any atom is 0.306 e. The smallest absolute Gasteiger partial charge is 0.306 e. The van der Waals surface area contributed by atoms with E-state index in [0.29, 0.717) is 13.0 Å². The summed E-state index contributed by atoms with van der Waals surface area (Å²) < 4.78 is 22.6. The van der Waals surface area contributed by atoms with Crippen molar-refractivity contribution in [3.8, 4) is 0 Å². The van der Waals surface area contributed by atoms with Crippen molar-refractivity contribution in [2.45, 2.75) is 179 Å². The van der Waals surface area contributed by atoms with Gasteiger partial charge in [0.1, 0.15) is 30.5 Å². The maximum atomic E-state index is 12.6. The molecule has 1 aliphatic rings. The predicted octanol–water partition coefficient (Wildman–Crippen LogP) is 6.69. The molecule has 0 aliphatic carbocycles. The Hall–Kier alpha value is -1.33. The minimum Gasteiger partial charge on any atom is -0.457 e. The average Bonchev–Trinajstić information content (AvgIpc) is 3.05. The van der Waals surface area contributed by atoms with Crippen LogP contribution in [-0.4, -0.2) is 89.6 Å². The molecule has 1 fully saturated rings. The van der Waals surface area contributed by atoms with E-state index in [0.717, 1.165) is 57.8 Å². The van der Waals surface area contributed by atoms with Crippen LogP contribution in [0.5, 0.6) is 0 Å². The normalized spacial score (nSPS) is 22.6. The highest BCUT2D eigenvalue weighted by atomic mass is 16.7. The molecule has 0 saturated carbocycles. The van der Waals surface area contributed by atoms with Crippen LogP contribution in [0.2, 0.25) is 0 Å². The van der Waals surface area contributed by atoms with Crippen molar-refractivity contribution in [3.05, 3.63) is 24.3 Å². The summed E-state index contributed by atoms with van der Waals surface area (Å²) in [7, 11) is 0. The van der Waals surface area contributed by atoms with Gasteiger partial charge in [0.05, 0.1) is 19.8 Å². The number of unbranched alkanes of at least 4 members (excludes halogenated alkanes) is 15. The summed E-state index contributed by atoms with van der Waals surface area (Å²) in [6.45, 7) is 4.47. The molecule has 6 unspecified atom stereocenters. The zero-order valence-corrected chi connectivity index (χ0v) is 29.1. The molecular weight excluding hydrogens is 588 g/mol. The molecule has 1 saturated heterocycles. The van der Waals surface area contributed by atoms with Crippen LogP contribution in [0.4, 0.5) is 0 Å². The van der Waals surface area contributed by atoms with E-state index >= 15 is 0 Å². The Bertz CT molecular complexity index is 757. The molecule has 0 spiro atoms. The molecule has 6 atom stereocenters. The molecule has 270 valence electrons. The number of allylic oxidation sites excluding steroid dienone is 4. The first-order valence-corrected chi connectivity index (χ1v) is 18.4. The number of esters is 1. The second kappa shape index (κ2) is 29.8. The van der Waals surface area contributed by atoms with Crippen molar-refractivity contribution in [2.75, 3.05) is 26.4 Å². The van der Waals surface area contributed by atoms with Gasteiger partial charge in [-0.1, -0.05) is 115 Å². The van der Waals surface area contributed by atoms with Crippen LogP contribution >= 0.6 is 0 Å². The molecule has 0 radical (unpaired) electrons. The summed E-state index contributed by atoms with van der Waals surface area (Å²) >= 11 is 0. The molecule has 4 N–H and O–H groups in total. The highest BCUT2D eigenvalue weighted by molar-refractivity contribution is 5.69. The number of ether oxygens (including phenoxy) is 4. The standard InChI is InChI=1S/C37H68O9/c1-3-5-7-9-11-12-13-14-15-16-17-18-19-20-22-24-26-33(39)45-31(29-43-27-25-23-21-10-8-6-4-2)30-44-37-36(42)35(41)34(40)32(28-38)46-37/h12-13,15-16,31-32,34-38,40-42H,3-11,14,17-30H2,1-2H3/b13-12-,16-15-. The van der Waals surface area contributed by atoms with E-state index in [1.807, 2.05) is 0 Å². The third-order valence-corrected chi connectivity index (χ3v) is 8.37. The molecular formula is C37H68O9. The predicted molar refractivity (Wildman–Crippen MR) is 182 cm³/mol. The van der Waals surface area contributed by atoms with Gasteiger partial charge in [-0.3, -0.25) is 4.79 Å². The van der Waals surface area contributed by atoms with Crippen LogP contribution in [0.25, 0.3) is 0 Å². The fourth-order valence-electron chi connectivity index (χ4n) is 5.40. The van der Waals surface area contributed by atoms with Gasteiger partial charge in [-0.05, 0) is 44.9 Å². The largest absolute Gasteiger partial charge is 0.457 e. The third-order valence-electron chi connectivity index (χ3n) is 8.37. The van der Waals surface area contributed by atoms with Gasteiger partial charge in [-0.25, -0.2) is 0 Å². The average molecular weight is 657 g/mol. The molecule has 0 aromatic heterocycles. The Labute approximate surface area is 279 Å². The van der Waals surface area contributed by atoms with Crippen molar-refractivity contribution >= 4 is 5.97 Å². The summed E-state index contributed by atoms with van der Waals surface area (Å²) in [6, 6.07) is 0. The number of hydrogen-bond acceptors (Lipinski definition) is 9. The number of aliphatic hydroxyl groups excluding tert-OH is 4. The van der Waals surface area contributed by atoms with Gasteiger partial charge in [0.2, 0.25) is 0 Å². The Morgan fingerprint density at radius 2 is 1.26 bits per heavy atom. The Morgan fingerprint density at radius 1 is 0.696 bits per heavy atom. The van der Waals surface area contributed by atoms with E-state index in [1.54, 1.807) is 0 Å². The van der Waals surface area contributed by atoms with Gasteiger partial charge in [0, 0.05) is 13.0 Å². The molecule has 0 aromatic rings. The first-order chi connectivity index (χ1) is 22.4. The van der Waals surface area contributed by atoms with Crippen molar-refractivity contribution in [3.63, 3.8) is 0 Å². The Kier molecular flexibility index (Phi) is 27.6. The summed E-state index contributed by atoms with van der Waals surface area (Å²) in [5.41, 5.74) is 0. The van der Waals surface area contributed by atoms with E-state index in [4.69, 9.17) is 18.9 Å². The van der Waals surface area contributed by atoms with Gasteiger partial charge >= 0.3 is 5.97 Å². The van der Waals surface area contributed by atoms with Crippen molar-refractivity contribution in [2.24, 2.45) is 0 Å². The topological polar surface area (TPSA) is 135 Å². The highest BCUT2D eigenvalue weighted by Gasteiger charge is 2.44. The van der Waals surface area contributed by atoms with E-state index in [-0.39, 0.29) is 19.2 Å². The minimum atomic E-state index is -1.53. The van der Waals surface area contributed by atoms with Crippen molar-refractivity contribution in [1.29, 1.82) is 0 Å². The van der Waals surface area contributed by atoms with Gasteiger partial charge in [0.25, 0.3) is 0 Å². The van der Waals surface area contributed by atoms with Gasteiger partial charge in [0.15, 0.2) is 6.29 Å². The molecule has 1 aliphatic heterocycles. The van der Waals surface area contributed by atoms with Crippen LogP contribution in [0.15, 0.2) is 24.3 Å².